The number of sulfonamides is 1. The average molecular weight is 453 g/mol. The summed E-state index contributed by atoms with van der Waals surface area (Å²) in [5.41, 5.74) is 0.251. The lowest BCUT2D eigenvalue weighted by molar-refractivity contribution is -0.128. The van der Waals surface area contributed by atoms with Gasteiger partial charge in [-0.25, -0.2) is 8.42 Å². The van der Waals surface area contributed by atoms with E-state index in [1.165, 1.54) is 28.7 Å². The number of ether oxygens (including phenoxy) is 1. The minimum absolute atomic E-state index is 0.0536. The summed E-state index contributed by atoms with van der Waals surface area (Å²) in [5.74, 6) is 0.224. The predicted octanol–water partition coefficient (Wildman–Crippen LogP) is 2.44. The van der Waals surface area contributed by atoms with Gasteiger partial charge < -0.3 is 15.0 Å². The van der Waals surface area contributed by atoms with E-state index >= 15 is 0 Å². The first-order valence-electron chi connectivity index (χ1n) is 9.86. The fourth-order valence-corrected chi connectivity index (χ4v) is 4.99. The number of halogens is 1. The molecular formula is C20H25ClN4O4S. The molecule has 2 aliphatic rings. The van der Waals surface area contributed by atoms with Gasteiger partial charge in [0, 0.05) is 32.4 Å². The molecule has 0 aromatic heterocycles. The van der Waals surface area contributed by atoms with E-state index in [1.807, 2.05) is 6.07 Å². The molecule has 2 saturated heterocycles. The van der Waals surface area contributed by atoms with Crippen LogP contribution in [0.25, 0.3) is 0 Å². The van der Waals surface area contributed by atoms with Crippen molar-refractivity contribution in [3.05, 3.63) is 35.0 Å². The van der Waals surface area contributed by atoms with Crippen LogP contribution >= 0.6 is 11.6 Å². The number of piperidine rings is 1. The second-order valence-electron chi connectivity index (χ2n) is 7.45. The fourth-order valence-electron chi connectivity index (χ4n) is 3.39. The molecule has 0 atom stereocenters. The topological polar surface area (TPSA) is 103 Å². The zero-order chi connectivity index (χ0) is 21.7. The van der Waals surface area contributed by atoms with E-state index < -0.39 is 10.0 Å². The molecule has 0 aliphatic carbocycles. The highest BCUT2D eigenvalue weighted by molar-refractivity contribution is 7.89. The van der Waals surface area contributed by atoms with E-state index in [4.69, 9.17) is 16.3 Å². The molecule has 0 bridgehead atoms. The van der Waals surface area contributed by atoms with E-state index in [9.17, 15) is 18.5 Å². The summed E-state index contributed by atoms with van der Waals surface area (Å²) in [7, 11) is -3.69. The lowest BCUT2D eigenvalue weighted by Crippen LogP contribution is -2.40. The average Bonchev–Trinajstić information content (AvgIpc) is 2.76. The highest BCUT2D eigenvalue weighted by Crippen LogP contribution is 2.28. The van der Waals surface area contributed by atoms with Crippen molar-refractivity contribution < 1.29 is 17.9 Å². The van der Waals surface area contributed by atoms with E-state index in [1.54, 1.807) is 4.90 Å². The minimum Gasteiger partial charge on any atom is -0.379 e. The minimum atomic E-state index is -3.69. The zero-order valence-electron chi connectivity index (χ0n) is 16.8. The molecule has 2 fully saturated rings. The van der Waals surface area contributed by atoms with Crippen LogP contribution in [0.5, 0.6) is 0 Å². The van der Waals surface area contributed by atoms with Gasteiger partial charge in [-0.05, 0) is 37.0 Å². The van der Waals surface area contributed by atoms with Crippen molar-refractivity contribution in [2.24, 2.45) is 5.92 Å². The second kappa shape index (κ2) is 9.79. The SMILES string of the molecule is CC1CCN(C(=O)/C(C#N)=C\Nc2cc(S(=O)(=O)N3CCOCC3)ccc2Cl)CC1. The molecular weight excluding hydrogens is 428 g/mol. The lowest BCUT2D eigenvalue weighted by Gasteiger charge is -2.30. The Labute approximate surface area is 182 Å². The van der Waals surface area contributed by atoms with E-state index in [2.05, 4.69) is 12.2 Å². The summed E-state index contributed by atoms with van der Waals surface area (Å²) in [6, 6.07) is 6.24. The molecule has 3 rings (SSSR count). The lowest BCUT2D eigenvalue weighted by atomic mass is 9.99. The number of hydrogen-bond donors (Lipinski definition) is 1. The van der Waals surface area contributed by atoms with Gasteiger partial charge in [0.25, 0.3) is 5.91 Å². The number of nitrogens with zero attached hydrogens (tertiary/aromatic N) is 3. The summed E-state index contributed by atoms with van der Waals surface area (Å²) in [4.78, 5) is 14.4. The number of carbonyl (C=O) groups excluding carboxylic acids is 1. The number of amides is 1. The van der Waals surface area contributed by atoms with Gasteiger partial charge in [0.2, 0.25) is 10.0 Å². The molecule has 162 valence electrons. The predicted molar refractivity (Wildman–Crippen MR) is 113 cm³/mol. The fraction of sp³-hybridized carbons (Fsp3) is 0.500. The number of benzene rings is 1. The Bertz CT molecular complexity index is 960. The van der Waals surface area contributed by atoms with Crippen LogP contribution in [-0.2, 0) is 19.6 Å². The number of carbonyl (C=O) groups is 1. The summed E-state index contributed by atoms with van der Waals surface area (Å²) in [5, 5.41) is 12.5. The van der Waals surface area contributed by atoms with Crippen LogP contribution in [0.2, 0.25) is 5.02 Å². The quantitative estimate of drug-likeness (QED) is 0.543. The molecule has 0 saturated carbocycles. The number of rotatable bonds is 5. The molecule has 1 amide bonds. The molecule has 0 radical (unpaired) electrons. The summed E-state index contributed by atoms with van der Waals surface area (Å²) in [6.45, 7) is 4.65. The van der Waals surface area contributed by atoms with Crippen LogP contribution in [0.1, 0.15) is 19.8 Å². The van der Waals surface area contributed by atoms with Crippen LogP contribution in [0.15, 0.2) is 34.9 Å². The monoisotopic (exact) mass is 452 g/mol. The number of likely N-dealkylation sites (tertiary alicyclic amines) is 1. The molecule has 0 spiro atoms. The van der Waals surface area contributed by atoms with Crippen molar-refractivity contribution >= 4 is 33.2 Å². The van der Waals surface area contributed by atoms with Crippen LogP contribution < -0.4 is 5.32 Å². The number of anilines is 1. The Balaban J connectivity index is 1.77. The molecule has 8 nitrogen and oxygen atoms in total. The number of hydrogen-bond acceptors (Lipinski definition) is 6. The maximum Gasteiger partial charge on any atom is 0.266 e. The van der Waals surface area contributed by atoms with Gasteiger partial charge in [-0.1, -0.05) is 18.5 Å². The van der Waals surface area contributed by atoms with Gasteiger partial charge in [0.1, 0.15) is 11.6 Å². The van der Waals surface area contributed by atoms with Gasteiger partial charge in [0.15, 0.2) is 0 Å². The van der Waals surface area contributed by atoms with E-state index in [0.29, 0.717) is 37.9 Å². The Morgan fingerprint density at radius 1 is 1.27 bits per heavy atom. The molecule has 1 N–H and O–H groups in total. The number of morpholine rings is 1. The third-order valence-corrected chi connectivity index (χ3v) is 7.56. The first-order valence-corrected chi connectivity index (χ1v) is 11.7. The molecule has 1 aromatic carbocycles. The zero-order valence-corrected chi connectivity index (χ0v) is 18.4. The normalized spacial score (nSPS) is 19.4. The Morgan fingerprint density at radius 2 is 1.93 bits per heavy atom. The van der Waals surface area contributed by atoms with Gasteiger partial charge in [-0.15, -0.1) is 0 Å². The van der Waals surface area contributed by atoms with Crippen molar-refractivity contribution in [3.63, 3.8) is 0 Å². The van der Waals surface area contributed by atoms with E-state index in [0.717, 1.165) is 12.8 Å². The third-order valence-electron chi connectivity index (χ3n) is 5.34. The molecule has 2 heterocycles. The Hall–Kier alpha value is -2.12. The molecule has 1 aromatic rings. The van der Waals surface area contributed by atoms with Crippen molar-refractivity contribution in [3.8, 4) is 6.07 Å². The summed E-state index contributed by atoms with van der Waals surface area (Å²) in [6.07, 6.45) is 3.10. The van der Waals surface area contributed by atoms with Crippen LogP contribution in [0, 0.1) is 17.2 Å². The van der Waals surface area contributed by atoms with Crippen LogP contribution in [0.3, 0.4) is 0 Å². The van der Waals surface area contributed by atoms with Crippen molar-refractivity contribution in [1.82, 2.24) is 9.21 Å². The molecule has 0 unspecified atom stereocenters. The molecule has 10 heteroatoms. The van der Waals surface area contributed by atoms with E-state index in [-0.39, 0.29) is 34.5 Å². The Kier molecular flexibility index (Phi) is 7.36. The maximum absolute atomic E-state index is 12.9. The van der Waals surface area contributed by atoms with Gasteiger partial charge in [-0.3, -0.25) is 4.79 Å². The van der Waals surface area contributed by atoms with Crippen LogP contribution in [-0.4, -0.2) is 62.9 Å². The first kappa shape index (κ1) is 22.6. The van der Waals surface area contributed by atoms with Crippen molar-refractivity contribution in [2.45, 2.75) is 24.7 Å². The maximum atomic E-state index is 12.9. The highest BCUT2D eigenvalue weighted by Gasteiger charge is 2.27. The number of nitrogens with one attached hydrogen (secondary N) is 1. The summed E-state index contributed by atoms with van der Waals surface area (Å²) < 4.78 is 32.3. The standard InChI is InChI=1S/C20H25ClN4O4S/c1-15-4-6-24(7-5-15)20(26)16(13-22)14-23-19-12-17(2-3-18(19)21)30(27,28)25-8-10-29-11-9-25/h2-3,12,14-15,23H,4-11H2,1H3/b16-14-. The Morgan fingerprint density at radius 3 is 2.57 bits per heavy atom. The largest absolute Gasteiger partial charge is 0.379 e. The molecule has 30 heavy (non-hydrogen) atoms. The molecule has 2 aliphatic heterocycles. The van der Waals surface area contributed by atoms with Gasteiger partial charge in [0.05, 0.1) is 28.8 Å². The van der Waals surface area contributed by atoms with Gasteiger partial charge >= 0.3 is 0 Å². The summed E-state index contributed by atoms with van der Waals surface area (Å²) >= 11 is 6.20. The first-order chi connectivity index (χ1) is 14.3. The second-order valence-corrected chi connectivity index (χ2v) is 9.79. The van der Waals surface area contributed by atoms with Crippen molar-refractivity contribution in [2.75, 3.05) is 44.7 Å². The highest BCUT2D eigenvalue weighted by atomic mass is 35.5. The van der Waals surface area contributed by atoms with Crippen molar-refractivity contribution in [1.29, 1.82) is 5.26 Å². The van der Waals surface area contributed by atoms with Crippen LogP contribution in [0.4, 0.5) is 5.69 Å². The van der Waals surface area contributed by atoms with Gasteiger partial charge in [-0.2, -0.15) is 9.57 Å². The third kappa shape index (κ3) is 5.13. The number of nitriles is 1. The smallest absolute Gasteiger partial charge is 0.266 e.